The van der Waals surface area contributed by atoms with Crippen LogP contribution in [0.3, 0.4) is 0 Å². The molecule has 3 aromatic carbocycles. The van der Waals surface area contributed by atoms with Crippen LogP contribution in [0, 0.1) is 0 Å². The highest BCUT2D eigenvalue weighted by atomic mass is 16.5. The van der Waals surface area contributed by atoms with Crippen LogP contribution in [0.2, 0.25) is 0 Å². The van der Waals surface area contributed by atoms with Crippen LogP contribution in [-0.4, -0.2) is 19.6 Å². The molecule has 0 saturated carbocycles. The Morgan fingerprint density at radius 1 is 1.00 bits per heavy atom. The number of nitrogens with two attached hydrogens (primary N) is 1. The molecule has 3 rings (SSSR count). The van der Waals surface area contributed by atoms with Crippen molar-refractivity contribution in [3.05, 3.63) is 71.8 Å². The molecule has 0 radical (unpaired) electrons. The average molecular weight is 350 g/mol. The van der Waals surface area contributed by atoms with E-state index in [2.05, 4.69) is 17.4 Å². The molecule has 0 bridgehead atoms. The second-order valence-corrected chi connectivity index (χ2v) is 5.97. The molecular formula is C21H22N2O3. The van der Waals surface area contributed by atoms with Crippen LogP contribution in [0.1, 0.15) is 11.1 Å². The topological polar surface area (TPSA) is 73.6 Å². The number of primary amides is 1. The lowest BCUT2D eigenvalue weighted by Gasteiger charge is -2.14. The number of rotatable bonds is 8. The van der Waals surface area contributed by atoms with E-state index >= 15 is 0 Å². The van der Waals surface area contributed by atoms with Crippen molar-refractivity contribution in [1.29, 1.82) is 0 Å². The number of carbonyl (C=O) groups is 1. The molecule has 0 heterocycles. The summed E-state index contributed by atoms with van der Waals surface area (Å²) in [5.74, 6) is 1.02. The Morgan fingerprint density at radius 2 is 1.77 bits per heavy atom. The van der Waals surface area contributed by atoms with Crippen LogP contribution in [0.25, 0.3) is 10.8 Å². The maximum Gasteiger partial charge on any atom is 0.255 e. The quantitative estimate of drug-likeness (QED) is 0.655. The molecule has 5 heteroatoms. The van der Waals surface area contributed by atoms with Crippen LogP contribution in [0.4, 0.5) is 0 Å². The van der Waals surface area contributed by atoms with Crippen molar-refractivity contribution in [3.63, 3.8) is 0 Å². The summed E-state index contributed by atoms with van der Waals surface area (Å²) in [6.45, 7) is 1.19. The third-order valence-electron chi connectivity index (χ3n) is 4.16. The summed E-state index contributed by atoms with van der Waals surface area (Å²) < 4.78 is 10.8. The van der Waals surface area contributed by atoms with E-state index in [1.165, 1.54) is 0 Å². The first-order chi connectivity index (χ1) is 12.7. The van der Waals surface area contributed by atoms with E-state index in [0.29, 0.717) is 18.8 Å². The molecule has 0 saturated heterocycles. The van der Waals surface area contributed by atoms with E-state index < -0.39 is 5.91 Å². The van der Waals surface area contributed by atoms with Gasteiger partial charge < -0.3 is 20.5 Å². The van der Waals surface area contributed by atoms with E-state index in [-0.39, 0.29) is 6.61 Å². The minimum Gasteiger partial charge on any atom is -0.497 e. The van der Waals surface area contributed by atoms with Gasteiger partial charge in [0.25, 0.3) is 5.91 Å². The zero-order valence-electron chi connectivity index (χ0n) is 14.7. The molecule has 26 heavy (non-hydrogen) atoms. The monoisotopic (exact) mass is 350 g/mol. The van der Waals surface area contributed by atoms with Crippen LogP contribution in [0.15, 0.2) is 60.7 Å². The zero-order valence-corrected chi connectivity index (χ0v) is 14.7. The van der Waals surface area contributed by atoms with Gasteiger partial charge in [-0.15, -0.1) is 0 Å². The van der Waals surface area contributed by atoms with E-state index in [4.69, 9.17) is 15.2 Å². The molecule has 134 valence electrons. The fourth-order valence-electron chi connectivity index (χ4n) is 2.86. The molecule has 0 fully saturated rings. The Kier molecular flexibility index (Phi) is 5.71. The lowest BCUT2D eigenvalue weighted by molar-refractivity contribution is -0.119. The number of nitrogens with one attached hydrogen (secondary N) is 1. The van der Waals surface area contributed by atoms with Crippen molar-refractivity contribution in [2.45, 2.75) is 13.1 Å². The SMILES string of the molecule is COc1ccc(CNCc2c(OCC(N)=O)ccc3ccccc23)cc1. The van der Waals surface area contributed by atoms with Crippen LogP contribution in [0.5, 0.6) is 11.5 Å². The van der Waals surface area contributed by atoms with Crippen molar-refractivity contribution >= 4 is 16.7 Å². The largest absolute Gasteiger partial charge is 0.497 e. The number of hydrogen-bond acceptors (Lipinski definition) is 4. The summed E-state index contributed by atoms with van der Waals surface area (Å²) in [6, 6.07) is 19.9. The van der Waals surface area contributed by atoms with Gasteiger partial charge in [-0.1, -0.05) is 42.5 Å². The van der Waals surface area contributed by atoms with E-state index in [1.807, 2.05) is 48.5 Å². The predicted octanol–water partition coefficient (Wildman–Crippen LogP) is 3.00. The fraction of sp³-hybridized carbons (Fsp3) is 0.190. The number of ether oxygens (including phenoxy) is 2. The Balaban J connectivity index is 1.77. The van der Waals surface area contributed by atoms with Crippen molar-refractivity contribution in [3.8, 4) is 11.5 Å². The van der Waals surface area contributed by atoms with Gasteiger partial charge in [-0.3, -0.25) is 4.79 Å². The second-order valence-electron chi connectivity index (χ2n) is 5.97. The highest BCUT2D eigenvalue weighted by Crippen LogP contribution is 2.28. The van der Waals surface area contributed by atoms with Gasteiger partial charge in [-0.2, -0.15) is 0 Å². The van der Waals surface area contributed by atoms with E-state index in [9.17, 15) is 4.79 Å². The van der Waals surface area contributed by atoms with Crippen molar-refractivity contribution in [2.75, 3.05) is 13.7 Å². The summed E-state index contributed by atoms with van der Waals surface area (Å²) in [5.41, 5.74) is 7.38. The molecule has 1 amide bonds. The summed E-state index contributed by atoms with van der Waals surface area (Å²) in [4.78, 5) is 11.1. The van der Waals surface area contributed by atoms with Gasteiger partial charge in [0.15, 0.2) is 6.61 Å². The smallest absolute Gasteiger partial charge is 0.255 e. The molecule has 5 nitrogen and oxygen atoms in total. The van der Waals surface area contributed by atoms with Crippen molar-refractivity contribution in [1.82, 2.24) is 5.32 Å². The van der Waals surface area contributed by atoms with Gasteiger partial charge in [-0.25, -0.2) is 0 Å². The molecule has 0 aliphatic carbocycles. The molecular weight excluding hydrogens is 328 g/mol. The van der Waals surface area contributed by atoms with E-state index in [0.717, 1.165) is 27.6 Å². The molecule has 3 N–H and O–H groups in total. The maximum atomic E-state index is 11.1. The Labute approximate surface area is 152 Å². The second kappa shape index (κ2) is 8.36. The Morgan fingerprint density at radius 3 is 2.50 bits per heavy atom. The molecule has 0 aliphatic heterocycles. The van der Waals surface area contributed by atoms with Gasteiger partial charge in [-0.05, 0) is 34.5 Å². The summed E-state index contributed by atoms with van der Waals surface area (Å²) in [6.07, 6.45) is 0. The minimum atomic E-state index is -0.490. The fourth-order valence-corrected chi connectivity index (χ4v) is 2.86. The lowest BCUT2D eigenvalue weighted by Crippen LogP contribution is -2.21. The first kappa shape index (κ1) is 17.8. The molecule has 0 aromatic heterocycles. The van der Waals surface area contributed by atoms with Gasteiger partial charge in [0.2, 0.25) is 0 Å². The number of amides is 1. The summed E-state index contributed by atoms with van der Waals surface area (Å²) >= 11 is 0. The first-order valence-corrected chi connectivity index (χ1v) is 8.43. The first-order valence-electron chi connectivity index (χ1n) is 8.43. The number of methoxy groups -OCH3 is 1. The van der Waals surface area contributed by atoms with E-state index in [1.54, 1.807) is 7.11 Å². The third kappa shape index (κ3) is 4.32. The number of benzene rings is 3. The molecule has 0 spiro atoms. The van der Waals surface area contributed by atoms with Gasteiger partial charge in [0.05, 0.1) is 7.11 Å². The van der Waals surface area contributed by atoms with Crippen LogP contribution in [-0.2, 0) is 17.9 Å². The maximum absolute atomic E-state index is 11.1. The summed E-state index contributed by atoms with van der Waals surface area (Å²) in [5, 5.41) is 5.66. The highest BCUT2D eigenvalue weighted by Gasteiger charge is 2.10. The number of carbonyl (C=O) groups excluding carboxylic acids is 1. The molecule has 3 aromatic rings. The number of fused-ring (bicyclic) bond motifs is 1. The van der Waals surface area contributed by atoms with Crippen molar-refractivity contribution in [2.24, 2.45) is 5.73 Å². The van der Waals surface area contributed by atoms with Crippen LogP contribution < -0.4 is 20.5 Å². The minimum absolute atomic E-state index is 0.135. The standard InChI is InChI=1S/C21H22N2O3/c1-25-17-9-6-15(7-10-17)12-23-13-19-18-5-3-2-4-16(18)8-11-20(19)26-14-21(22)24/h2-11,23H,12-14H2,1H3,(H2,22,24). The average Bonchev–Trinajstić information content (AvgIpc) is 2.67. The third-order valence-corrected chi connectivity index (χ3v) is 4.16. The normalized spacial score (nSPS) is 10.7. The van der Waals surface area contributed by atoms with Gasteiger partial charge in [0.1, 0.15) is 11.5 Å². The van der Waals surface area contributed by atoms with Crippen molar-refractivity contribution < 1.29 is 14.3 Å². The molecule has 0 aliphatic rings. The zero-order chi connectivity index (χ0) is 18.4. The Hall–Kier alpha value is -3.05. The lowest BCUT2D eigenvalue weighted by atomic mass is 10.0. The Bertz CT molecular complexity index is 891. The van der Waals surface area contributed by atoms with Crippen LogP contribution >= 0.6 is 0 Å². The number of hydrogen-bond donors (Lipinski definition) is 2. The predicted molar refractivity (Wildman–Crippen MR) is 102 cm³/mol. The van der Waals surface area contributed by atoms with Gasteiger partial charge in [0, 0.05) is 18.7 Å². The molecule has 0 unspecified atom stereocenters. The van der Waals surface area contributed by atoms with Gasteiger partial charge >= 0.3 is 0 Å². The highest BCUT2D eigenvalue weighted by molar-refractivity contribution is 5.88. The summed E-state index contributed by atoms with van der Waals surface area (Å²) in [7, 11) is 1.65. The molecule has 0 atom stereocenters.